The van der Waals surface area contributed by atoms with Crippen LogP contribution in [0.2, 0.25) is 0 Å². The highest BCUT2D eigenvalue weighted by molar-refractivity contribution is 5.77. The lowest BCUT2D eigenvalue weighted by atomic mass is 9.96. The first-order chi connectivity index (χ1) is 8.13. The van der Waals surface area contributed by atoms with Crippen LogP contribution in [0.5, 0.6) is 0 Å². The number of methoxy groups -OCH3 is 1. The molecule has 1 N–H and O–H groups in total. The van der Waals surface area contributed by atoms with Gasteiger partial charge >= 0.3 is 0 Å². The maximum atomic E-state index is 11.5. The summed E-state index contributed by atoms with van der Waals surface area (Å²) in [6.45, 7) is 8.81. The van der Waals surface area contributed by atoms with Crippen LogP contribution in [0.1, 0.15) is 26.7 Å². The van der Waals surface area contributed by atoms with Gasteiger partial charge in [-0.25, -0.2) is 0 Å². The molecule has 0 atom stereocenters. The lowest BCUT2D eigenvalue weighted by Crippen LogP contribution is -2.40. The Hall–Kier alpha value is -0.610. The van der Waals surface area contributed by atoms with Gasteiger partial charge in [-0.2, -0.15) is 0 Å². The summed E-state index contributed by atoms with van der Waals surface area (Å²) < 4.78 is 5.08. The third kappa shape index (κ3) is 5.50. The predicted molar refractivity (Wildman–Crippen MR) is 68.9 cm³/mol. The van der Waals surface area contributed by atoms with Crippen LogP contribution in [0, 0.1) is 11.8 Å². The van der Waals surface area contributed by atoms with E-state index in [1.807, 2.05) is 13.8 Å². The van der Waals surface area contributed by atoms with Gasteiger partial charge in [0.1, 0.15) is 0 Å². The fourth-order valence-electron chi connectivity index (χ4n) is 2.08. The van der Waals surface area contributed by atoms with Crippen molar-refractivity contribution in [3.63, 3.8) is 0 Å². The summed E-state index contributed by atoms with van der Waals surface area (Å²) in [5.41, 5.74) is 0. The Morgan fingerprint density at radius 2 is 2.06 bits per heavy atom. The zero-order valence-corrected chi connectivity index (χ0v) is 11.4. The molecule has 0 radical (unpaired) electrons. The van der Waals surface area contributed by atoms with Crippen molar-refractivity contribution < 1.29 is 9.53 Å². The summed E-state index contributed by atoms with van der Waals surface area (Å²) in [4.78, 5) is 13.9. The summed E-state index contributed by atoms with van der Waals surface area (Å²) in [6, 6.07) is 0. The van der Waals surface area contributed by atoms with Crippen molar-refractivity contribution in [1.82, 2.24) is 10.2 Å². The smallest absolute Gasteiger partial charge is 0.222 e. The molecule has 1 fully saturated rings. The number of carbonyl (C=O) groups excluding carboxylic acids is 1. The second-order valence-electron chi connectivity index (χ2n) is 5.18. The summed E-state index contributed by atoms with van der Waals surface area (Å²) in [5.74, 6) is 0.917. The van der Waals surface area contributed by atoms with E-state index in [-0.39, 0.29) is 11.8 Å². The lowest BCUT2D eigenvalue weighted by molar-refractivity contribution is -0.124. The van der Waals surface area contributed by atoms with Gasteiger partial charge in [0.05, 0.1) is 6.61 Å². The van der Waals surface area contributed by atoms with Crippen molar-refractivity contribution in [3.05, 3.63) is 0 Å². The van der Waals surface area contributed by atoms with Gasteiger partial charge in [-0.3, -0.25) is 4.79 Å². The van der Waals surface area contributed by atoms with Crippen LogP contribution >= 0.6 is 0 Å². The van der Waals surface area contributed by atoms with Crippen LogP contribution in [-0.4, -0.2) is 50.7 Å². The highest BCUT2D eigenvalue weighted by Gasteiger charge is 2.19. The monoisotopic (exact) mass is 242 g/mol. The fourth-order valence-corrected chi connectivity index (χ4v) is 2.08. The summed E-state index contributed by atoms with van der Waals surface area (Å²) >= 11 is 0. The first-order valence-electron chi connectivity index (χ1n) is 6.62. The van der Waals surface area contributed by atoms with Gasteiger partial charge in [0.15, 0.2) is 0 Å². The van der Waals surface area contributed by atoms with Gasteiger partial charge in [-0.1, -0.05) is 13.8 Å². The number of likely N-dealkylation sites (tertiary alicyclic amines) is 1. The second kappa shape index (κ2) is 7.67. The second-order valence-corrected chi connectivity index (χ2v) is 5.18. The molecule has 1 rings (SSSR count). The van der Waals surface area contributed by atoms with Gasteiger partial charge in [-0.05, 0) is 31.8 Å². The Kier molecular flexibility index (Phi) is 6.52. The molecular weight excluding hydrogens is 216 g/mol. The van der Waals surface area contributed by atoms with Crippen LogP contribution in [-0.2, 0) is 9.53 Å². The first kappa shape index (κ1) is 14.5. The Morgan fingerprint density at radius 3 is 2.59 bits per heavy atom. The molecule has 1 aliphatic rings. The van der Waals surface area contributed by atoms with E-state index >= 15 is 0 Å². The molecule has 1 saturated heterocycles. The maximum absolute atomic E-state index is 11.5. The number of ether oxygens (including phenoxy) is 1. The van der Waals surface area contributed by atoms with E-state index in [0.29, 0.717) is 5.92 Å². The summed E-state index contributed by atoms with van der Waals surface area (Å²) in [7, 11) is 1.74. The van der Waals surface area contributed by atoms with Crippen LogP contribution < -0.4 is 5.32 Å². The number of hydrogen-bond acceptors (Lipinski definition) is 3. The molecule has 0 saturated carbocycles. The molecule has 17 heavy (non-hydrogen) atoms. The average molecular weight is 242 g/mol. The minimum atomic E-state index is 0.0943. The molecule has 0 aromatic carbocycles. The van der Waals surface area contributed by atoms with Gasteiger partial charge in [0.2, 0.25) is 5.91 Å². The van der Waals surface area contributed by atoms with Crippen LogP contribution in [0.3, 0.4) is 0 Å². The number of piperidine rings is 1. The number of carbonyl (C=O) groups is 1. The van der Waals surface area contributed by atoms with Crippen molar-refractivity contribution in [3.8, 4) is 0 Å². The van der Waals surface area contributed by atoms with E-state index in [0.717, 1.165) is 32.8 Å². The van der Waals surface area contributed by atoms with Gasteiger partial charge < -0.3 is 15.0 Å². The zero-order valence-electron chi connectivity index (χ0n) is 11.4. The van der Waals surface area contributed by atoms with Crippen molar-refractivity contribution in [2.24, 2.45) is 11.8 Å². The normalized spacial score (nSPS) is 18.6. The molecule has 0 aliphatic carbocycles. The third-order valence-electron chi connectivity index (χ3n) is 3.41. The number of nitrogens with zero attached hydrogens (tertiary/aromatic N) is 1. The van der Waals surface area contributed by atoms with Crippen LogP contribution in [0.25, 0.3) is 0 Å². The Bertz CT molecular complexity index is 223. The maximum Gasteiger partial charge on any atom is 0.222 e. The molecular formula is C13H26N2O2. The molecule has 0 bridgehead atoms. The first-order valence-corrected chi connectivity index (χ1v) is 6.62. The van der Waals surface area contributed by atoms with Gasteiger partial charge in [-0.15, -0.1) is 0 Å². The number of hydrogen-bond donors (Lipinski definition) is 1. The Morgan fingerprint density at radius 1 is 1.41 bits per heavy atom. The van der Waals surface area contributed by atoms with E-state index in [4.69, 9.17) is 4.74 Å². The standard InChI is InChI=1S/C13H26N2O2/c1-11(2)13(16)14-10-12-4-6-15(7-5-12)8-9-17-3/h11-12H,4-10H2,1-3H3,(H,14,16). The zero-order chi connectivity index (χ0) is 12.7. The molecule has 1 amide bonds. The Balaban J connectivity index is 2.12. The van der Waals surface area contributed by atoms with Crippen molar-refractivity contribution in [1.29, 1.82) is 0 Å². The SMILES string of the molecule is COCCN1CCC(CNC(=O)C(C)C)CC1. The minimum Gasteiger partial charge on any atom is -0.383 e. The van der Waals surface area contributed by atoms with Crippen molar-refractivity contribution in [2.75, 3.05) is 39.9 Å². The molecule has 4 heteroatoms. The highest BCUT2D eigenvalue weighted by Crippen LogP contribution is 2.16. The topological polar surface area (TPSA) is 41.6 Å². The quantitative estimate of drug-likeness (QED) is 0.759. The molecule has 100 valence electrons. The van der Waals surface area contributed by atoms with Gasteiger partial charge in [0, 0.05) is 26.1 Å². The van der Waals surface area contributed by atoms with E-state index in [1.165, 1.54) is 12.8 Å². The number of rotatable bonds is 6. The van der Waals surface area contributed by atoms with E-state index in [9.17, 15) is 4.79 Å². The predicted octanol–water partition coefficient (Wildman–Crippen LogP) is 1.12. The lowest BCUT2D eigenvalue weighted by Gasteiger charge is -2.31. The number of amides is 1. The Labute approximate surface area is 105 Å². The largest absolute Gasteiger partial charge is 0.383 e. The summed E-state index contributed by atoms with van der Waals surface area (Å²) in [6.07, 6.45) is 2.37. The van der Waals surface area contributed by atoms with Crippen molar-refractivity contribution >= 4 is 5.91 Å². The molecule has 0 aromatic heterocycles. The minimum absolute atomic E-state index is 0.0943. The van der Waals surface area contributed by atoms with E-state index in [2.05, 4.69) is 10.2 Å². The van der Waals surface area contributed by atoms with Crippen molar-refractivity contribution in [2.45, 2.75) is 26.7 Å². The molecule has 1 aliphatic heterocycles. The molecule has 0 unspecified atom stereocenters. The van der Waals surface area contributed by atoms with E-state index < -0.39 is 0 Å². The summed E-state index contributed by atoms with van der Waals surface area (Å²) in [5, 5.41) is 3.03. The third-order valence-corrected chi connectivity index (χ3v) is 3.41. The molecule has 0 spiro atoms. The molecule has 4 nitrogen and oxygen atoms in total. The van der Waals surface area contributed by atoms with Crippen LogP contribution in [0.4, 0.5) is 0 Å². The average Bonchev–Trinajstić information content (AvgIpc) is 2.34. The highest BCUT2D eigenvalue weighted by atomic mass is 16.5. The number of nitrogens with one attached hydrogen (secondary N) is 1. The molecule has 1 heterocycles. The van der Waals surface area contributed by atoms with Gasteiger partial charge in [0.25, 0.3) is 0 Å². The van der Waals surface area contributed by atoms with E-state index in [1.54, 1.807) is 7.11 Å². The molecule has 0 aromatic rings. The van der Waals surface area contributed by atoms with Crippen LogP contribution in [0.15, 0.2) is 0 Å². The fraction of sp³-hybridized carbons (Fsp3) is 0.923.